The Kier molecular flexibility index (Phi) is 9.86. The second-order valence-electron chi connectivity index (χ2n) is 7.64. The predicted octanol–water partition coefficient (Wildman–Crippen LogP) is 7.53. The van der Waals surface area contributed by atoms with Crippen molar-refractivity contribution in [2.75, 3.05) is 0 Å². The standard InChI is InChI=1S/C13H11N3.C12H9ClN4.2C2H6/c1-10-6-8-11(9-7-10)16-13-5-3-2-4-12(13)14-15-16;1-8-2-4-9(5-3-8)12-15-14-11-7-6-10(13)16-17(11)12;2*1-2/h2-9H,1H3;2-7H,1H3;2*1-2H3. The van der Waals surface area contributed by atoms with Crippen LogP contribution in [-0.2, 0) is 0 Å². The highest BCUT2D eigenvalue weighted by Crippen LogP contribution is 2.19. The van der Waals surface area contributed by atoms with Crippen LogP contribution in [0.3, 0.4) is 0 Å². The molecule has 0 amide bonds. The van der Waals surface area contributed by atoms with E-state index in [0.717, 1.165) is 22.3 Å². The second kappa shape index (κ2) is 13.3. The van der Waals surface area contributed by atoms with Crippen LogP contribution in [0.4, 0.5) is 0 Å². The molecule has 0 fully saturated rings. The second-order valence-corrected chi connectivity index (χ2v) is 8.03. The SMILES string of the molecule is CC.CC.Cc1ccc(-c2nnc3ccc(Cl)nn23)cc1.Cc1ccc(-n2nnc3ccccc32)cc1. The Morgan fingerprint density at radius 1 is 0.649 bits per heavy atom. The van der Waals surface area contributed by atoms with Gasteiger partial charge in [-0.05, 0) is 50.2 Å². The van der Waals surface area contributed by atoms with Gasteiger partial charge in [0.15, 0.2) is 11.5 Å². The van der Waals surface area contributed by atoms with Gasteiger partial charge in [0.25, 0.3) is 0 Å². The van der Waals surface area contributed by atoms with Crippen LogP contribution in [0.2, 0.25) is 5.15 Å². The first-order valence-electron chi connectivity index (χ1n) is 12.4. The normalized spacial score (nSPS) is 10.0. The van der Waals surface area contributed by atoms with Crippen molar-refractivity contribution >= 4 is 28.3 Å². The molecule has 3 aromatic carbocycles. The minimum absolute atomic E-state index is 0.422. The van der Waals surface area contributed by atoms with Crippen LogP contribution < -0.4 is 0 Å². The van der Waals surface area contributed by atoms with Crippen molar-refractivity contribution in [3.05, 3.63) is 101 Å². The Hall–Kier alpha value is -4.10. The Morgan fingerprint density at radius 2 is 1.27 bits per heavy atom. The molecule has 0 saturated carbocycles. The molecule has 7 nitrogen and oxygen atoms in total. The van der Waals surface area contributed by atoms with Crippen molar-refractivity contribution in [2.45, 2.75) is 41.5 Å². The Labute approximate surface area is 222 Å². The molecule has 3 heterocycles. The number of hydrogen-bond donors (Lipinski definition) is 0. The number of para-hydroxylation sites is 1. The van der Waals surface area contributed by atoms with E-state index in [4.69, 9.17) is 11.6 Å². The van der Waals surface area contributed by atoms with Gasteiger partial charge in [-0.2, -0.15) is 9.61 Å². The summed E-state index contributed by atoms with van der Waals surface area (Å²) in [4.78, 5) is 0. The van der Waals surface area contributed by atoms with Gasteiger partial charge in [-0.15, -0.1) is 15.3 Å². The van der Waals surface area contributed by atoms with Crippen molar-refractivity contribution in [1.29, 1.82) is 0 Å². The lowest BCUT2D eigenvalue weighted by molar-refractivity contribution is 0.823. The van der Waals surface area contributed by atoms with Crippen LogP contribution in [-0.4, -0.2) is 34.8 Å². The molecule has 8 heteroatoms. The highest BCUT2D eigenvalue weighted by Gasteiger charge is 2.09. The molecule has 0 aliphatic rings. The minimum Gasteiger partial charge on any atom is -0.213 e. The van der Waals surface area contributed by atoms with Gasteiger partial charge >= 0.3 is 0 Å². The average molecular weight is 514 g/mol. The first kappa shape index (κ1) is 27.5. The van der Waals surface area contributed by atoms with E-state index in [-0.39, 0.29) is 0 Å². The molecule has 0 atom stereocenters. The lowest BCUT2D eigenvalue weighted by atomic mass is 10.1. The maximum absolute atomic E-state index is 5.87. The molecule has 190 valence electrons. The van der Waals surface area contributed by atoms with Crippen LogP contribution in [0.5, 0.6) is 0 Å². The molecule has 0 aliphatic heterocycles. The molecule has 0 radical (unpaired) electrons. The maximum Gasteiger partial charge on any atom is 0.185 e. The zero-order valence-corrected chi connectivity index (χ0v) is 22.8. The van der Waals surface area contributed by atoms with E-state index in [9.17, 15) is 0 Å². The van der Waals surface area contributed by atoms with Gasteiger partial charge in [0, 0.05) is 5.56 Å². The van der Waals surface area contributed by atoms with Crippen LogP contribution in [0.1, 0.15) is 38.8 Å². The third kappa shape index (κ3) is 6.57. The number of hydrogen-bond acceptors (Lipinski definition) is 5. The van der Waals surface area contributed by atoms with Gasteiger partial charge in [0.1, 0.15) is 10.7 Å². The van der Waals surface area contributed by atoms with E-state index >= 15 is 0 Å². The third-order valence-corrected chi connectivity index (χ3v) is 5.37. The van der Waals surface area contributed by atoms with E-state index in [1.165, 1.54) is 11.1 Å². The van der Waals surface area contributed by atoms with Crippen molar-refractivity contribution in [2.24, 2.45) is 0 Å². The molecule has 0 N–H and O–H groups in total. The smallest absolute Gasteiger partial charge is 0.185 e. The van der Waals surface area contributed by atoms with Gasteiger partial charge < -0.3 is 0 Å². The van der Waals surface area contributed by atoms with Crippen molar-refractivity contribution in [3.8, 4) is 17.1 Å². The van der Waals surface area contributed by atoms with Gasteiger partial charge in [0.2, 0.25) is 0 Å². The largest absolute Gasteiger partial charge is 0.213 e. The molecule has 0 unspecified atom stereocenters. The fourth-order valence-corrected chi connectivity index (χ4v) is 3.53. The third-order valence-electron chi connectivity index (χ3n) is 5.17. The number of fused-ring (bicyclic) bond motifs is 2. The number of benzene rings is 3. The Balaban J connectivity index is 0.000000182. The molecule has 0 aliphatic carbocycles. The van der Waals surface area contributed by atoms with Crippen LogP contribution >= 0.6 is 11.6 Å². The van der Waals surface area contributed by atoms with Crippen LogP contribution in [0.25, 0.3) is 33.8 Å². The number of halogens is 1. The van der Waals surface area contributed by atoms with E-state index in [1.54, 1.807) is 16.6 Å². The fourth-order valence-electron chi connectivity index (χ4n) is 3.39. The lowest BCUT2D eigenvalue weighted by Crippen LogP contribution is -1.95. The molecule has 0 spiro atoms. The van der Waals surface area contributed by atoms with Crippen LogP contribution in [0.15, 0.2) is 84.9 Å². The molecule has 6 aromatic rings. The zero-order chi connectivity index (χ0) is 26.8. The number of rotatable bonds is 2. The van der Waals surface area contributed by atoms with Gasteiger partial charge in [-0.3, -0.25) is 0 Å². The number of aryl methyl sites for hydroxylation is 2. The highest BCUT2D eigenvalue weighted by atomic mass is 35.5. The monoisotopic (exact) mass is 513 g/mol. The summed E-state index contributed by atoms with van der Waals surface area (Å²) in [7, 11) is 0. The first-order chi connectivity index (χ1) is 18.1. The summed E-state index contributed by atoms with van der Waals surface area (Å²) >= 11 is 5.87. The molecule has 0 bridgehead atoms. The average Bonchev–Trinajstić information content (AvgIpc) is 3.57. The Bertz CT molecular complexity index is 1540. The molecular formula is C29H32ClN7. The molecule has 0 saturated heterocycles. The van der Waals surface area contributed by atoms with E-state index < -0.39 is 0 Å². The lowest BCUT2D eigenvalue weighted by Gasteiger charge is -2.01. The summed E-state index contributed by atoms with van der Waals surface area (Å²) in [5.41, 5.74) is 7.10. The number of aromatic nitrogens is 7. The summed E-state index contributed by atoms with van der Waals surface area (Å²) < 4.78 is 3.50. The van der Waals surface area contributed by atoms with Crippen molar-refractivity contribution in [1.82, 2.24) is 34.8 Å². The molecule has 3 aromatic heterocycles. The minimum atomic E-state index is 0.422. The fraction of sp³-hybridized carbons (Fsp3) is 0.207. The highest BCUT2D eigenvalue weighted by molar-refractivity contribution is 6.29. The quantitative estimate of drug-likeness (QED) is 0.239. The van der Waals surface area contributed by atoms with Crippen molar-refractivity contribution in [3.63, 3.8) is 0 Å². The summed E-state index contributed by atoms with van der Waals surface area (Å²) in [6.07, 6.45) is 0. The van der Waals surface area contributed by atoms with Crippen LogP contribution in [0, 0.1) is 13.8 Å². The summed E-state index contributed by atoms with van der Waals surface area (Å²) in [5.74, 6) is 0.697. The van der Waals surface area contributed by atoms with E-state index in [2.05, 4.69) is 56.8 Å². The van der Waals surface area contributed by atoms with E-state index in [1.807, 2.05) is 87.8 Å². The van der Waals surface area contributed by atoms with Gasteiger partial charge in [-0.1, -0.05) is 104 Å². The Morgan fingerprint density at radius 3 is 1.95 bits per heavy atom. The molecule has 6 rings (SSSR count). The van der Waals surface area contributed by atoms with Crippen molar-refractivity contribution < 1.29 is 0 Å². The summed E-state index contributed by atoms with van der Waals surface area (Å²) in [5, 5.41) is 21.1. The summed E-state index contributed by atoms with van der Waals surface area (Å²) in [6, 6.07) is 27.7. The predicted molar refractivity (Wildman–Crippen MR) is 152 cm³/mol. The molecule has 37 heavy (non-hydrogen) atoms. The summed E-state index contributed by atoms with van der Waals surface area (Å²) in [6.45, 7) is 12.1. The maximum atomic E-state index is 5.87. The number of nitrogens with zero attached hydrogens (tertiary/aromatic N) is 7. The molecular weight excluding hydrogens is 482 g/mol. The van der Waals surface area contributed by atoms with Gasteiger partial charge in [0.05, 0.1) is 11.2 Å². The first-order valence-corrected chi connectivity index (χ1v) is 12.8. The van der Waals surface area contributed by atoms with E-state index in [0.29, 0.717) is 16.6 Å². The zero-order valence-electron chi connectivity index (χ0n) is 22.1. The topological polar surface area (TPSA) is 73.8 Å². The van der Waals surface area contributed by atoms with Gasteiger partial charge in [-0.25, -0.2) is 4.68 Å².